The molecule has 0 spiro atoms. The van der Waals surface area contributed by atoms with E-state index in [2.05, 4.69) is 6.92 Å². The molecule has 0 amide bonds. The van der Waals surface area contributed by atoms with Crippen molar-refractivity contribution < 1.29 is 4.79 Å². The van der Waals surface area contributed by atoms with Gasteiger partial charge in [-0.05, 0) is 25.8 Å². The lowest BCUT2D eigenvalue weighted by molar-refractivity contribution is -0.112. The van der Waals surface area contributed by atoms with Crippen molar-refractivity contribution in [3.05, 3.63) is 12.2 Å². The van der Waals surface area contributed by atoms with Gasteiger partial charge < -0.3 is 0 Å². The second-order valence-electron chi connectivity index (χ2n) is 3.22. The van der Waals surface area contributed by atoms with Gasteiger partial charge in [-0.3, -0.25) is 4.79 Å². The van der Waals surface area contributed by atoms with Crippen LogP contribution in [-0.2, 0) is 4.79 Å². The number of carbonyl (C=O) groups excluding carboxylic acids is 1. The Kier molecular flexibility index (Phi) is 8.09. The van der Waals surface area contributed by atoms with Crippen molar-refractivity contribution in [3.63, 3.8) is 0 Å². The van der Waals surface area contributed by atoms with Crippen LogP contribution in [0.2, 0.25) is 0 Å². The van der Waals surface area contributed by atoms with Gasteiger partial charge in [-0.15, -0.1) is 0 Å². The highest BCUT2D eigenvalue weighted by atomic mass is 16.1. The Hall–Kier alpha value is -0.590. The maximum atomic E-state index is 10.5. The van der Waals surface area contributed by atoms with Crippen molar-refractivity contribution in [2.45, 2.75) is 52.4 Å². The van der Waals surface area contributed by atoms with Crippen molar-refractivity contribution in [1.82, 2.24) is 0 Å². The topological polar surface area (TPSA) is 17.1 Å². The van der Waals surface area contributed by atoms with E-state index >= 15 is 0 Å². The zero-order valence-electron chi connectivity index (χ0n) is 8.31. The third kappa shape index (κ3) is 9.41. The fraction of sp³-hybridized carbons (Fsp3) is 0.727. The molecule has 0 bridgehead atoms. The Morgan fingerprint density at radius 1 is 1.17 bits per heavy atom. The summed E-state index contributed by atoms with van der Waals surface area (Å²) in [5.74, 6) is 0.156. The van der Waals surface area contributed by atoms with Gasteiger partial charge >= 0.3 is 0 Å². The Labute approximate surface area is 75.9 Å². The van der Waals surface area contributed by atoms with E-state index < -0.39 is 0 Å². The molecule has 0 aromatic carbocycles. The summed E-state index contributed by atoms with van der Waals surface area (Å²) in [7, 11) is 0. The Bertz CT molecular complexity index is 136. The molecule has 0 aliphatic carbocycles. The predicted molar refractivity (Wildman–Crippen MR) is 53.2 cm³/mol. The van der Waals surface area contributed by atoms with Crippen LogP contribution in [0.15, 0.2) is 12.2 Å². The summed E-state index contributed by atoms with van der Waals surface area (Å²) in [6.07, 6.45) is 11.2. The maximum absolute atomic E-state index is 10.5. The molecule has 0 saturated carbocycles. The van der Waals surface area contributed by atoms with Gasteiger partial charge in [0.2, 0.25) is 0 Å². The van der Waals surface area contributed by atoms with Gasteiger partial charge in [-0.1, -0.05) is 38.7 Å². The third-order valence-electron chi connectivity index (χ3n) is 1.83. The molecule has 12 heavy (non-hydrogen) atoms. The monoisotopic (exact) mass is 168 g/mol. The van der Waals surface area contributed by atoms with Crippen LogP contribution in [0.1, 0.15) is 52.4 Å². The number of hydrogen-bond acceptors (Lipinski definition) is 1. The van der Waals surface area contributed by atoms with E-state index in [9.17, 15) is 4.79 Å². The van der Waals surface area contributed by atoms with Crippen molar-refractivity contribution in [2.24, 2.45) is 0 Å². The molecule has 0 fully saturated rings. The number of ketones is 1. The predicted octanol–water partition coefficient (Wildman–Crippen LogP) is 3.49. The van der Waals surface area contributed by atoms with Gasteiger partial charge in [0, 0.05) is 0 Å². The van der Waals surface area contributed by atoms with E-state index in [1.807, 2.05) is 6.08 Å². The van der Waals surface area contributed by atoms with E-state index in [0.717, 1.165) is 6.42 Å². The molecular formula is C11H20O. The molecule has 0 aromatic rings. The first-order valence-electron chi connectivity index (χ1n) is 4.94. The highest BCUT2D eigenvalue weighted by molar-refractivity contribution is 5.87. The van der Waals surface area contributed by atoms with E-state index in [0.29, 0.717) is 0 Å². The average Bonchev–Trinajstić information content (AvgIpc) is 2.02. The van der Waals surface area contributed by atoms with Crippen LogP contribution in [0.5, 0.6) is 0 Å². The van der Waals surface area contributed by atoms with E-state index in [-0.39, 0.29) is 5.78 Å². The van der Waals surface area contributed by atoms with Crippen LogP contribution < -0.4 is 0 Å². The minimum Gasteiger partial charge on any atom is -0.295 e. The summed E-state index contributed by atoms with van der Waals surface area (Å²) < 4.78 is 0. The zero-order valence-corrected chi connectivity index (χ0v) is 8.31. The number of carbonyl (C=O) groups is 1. The van der Waals surface area contributed by atoms with Gasteiger partial charge in [0.15, 0.2) is 5.78 Å². The first-order valence-corrected chi connectivity index (χ1v) is 4.94. The second-order valence-corrected chi connectivity index (χ2v) is 3.22. The third-order valence-corrected chi connectivity index (χ3v) is 1.83. The molecule has 0 atom stereocenters. The van der Waals surface area contributed by atoms with Crippen LogP contribution in [0, 0.1) is 0 Å². The van der Waals surface area contributed by atoms with Crippen LogP contribution in [0.3, 0.4) is 0 Å². The Balaban J connectivity index is 3.05. The summed E-state index contributed by atoms with van der Waals surface area (Å²) in [6.45, 7) is 3.81. The lowest BCUT2D eigenvalue weighted by atomic mass is 10.1. The molecule has 0 saturated heterocycles. The van der Waals surface area contributed by atoms with Crippen LogP contribution in [-0.4, -0.2) is 5.78 Å². The normalized spacial score (nSPS) is 10.8. The molecule has 1 nitrogen and oxygen atoms in total. The standard InChI is InChI=1S/C11H20O/c1-3-4-5-6-7-8-9-10-11(2)12/h9-10H,3-8H2,1-2H3/b10-9+. The van der Waals surface area contributed by atoms with Crippen LogP contribution >= 0.6 is 0 Å². The molecule has 0 heterocycles. The Morgan fingerprint density at radius 3 is 2.42 bits per heavy atom. The van der Waals surface area contributed by atoms with Gasteiger partial charge in [0.1, 0.15) is 0 Å². The number of unbranched alkanes of at least 4 members (excludes halogenated alkanes) is 5. The summed E-state index contributed by atoms with van der Waals surface area (Å²) in [6, 6.07) is 0. The van der Waals surface area contributed by atoms with Crippen molar-refractivity contribution >= 4 is 5.78 Å². The van der Waals surface area contributed by atoms with Gasteiger partial charge in [0.05, 0.1) is 0 Å². The van der Waals surface area contributed by atoms with Crippen molar-refractivity contribution in [2.75, 3.05) is 0 Å². The first-order chi connectivity index (χ1) is 5.77. The maximum Gasteiger partial charge on any atom is 0.152 e. The SMILES string of the molecule is CCCCCCC/C=C/C(C)=O. The van der Waals surface area contributed by atoms with E-state index in [4.69, 9.17) is 0 Å². The van der Waals surface area contributed by atoms with Crippen molar-refractivity contribution in [1.29, 1.82) is 0 Å². The van der Waals surface area contributed by atoms with Gasteiger partial charge in [-0.25, -0.2) is 0 Å². The summed E-state index contributed by atoms with van der Waals surface area (Å²) >= 11 is 0. The molecule has 0 radical (unpaired) electrons. The molecule has 0 rings (SSSR count). The molecule has 0 aromatic heterocycles. The highest BCUT2D eigenvalue weighted by Crippen LogP contribution is 2.05. The lowest BCUT2D eigenvalue weighted by Crippen LogP contribution is -1.80. The van der Waals surface area contributed by atoms with Crippen molar-refractivity contribution in [3.8, 4) is 0 Å². The summed E-state index contributed by atoms with van der Waals surface area (Å²) in [5.41, 5.74) is 0. The number of hydrogen-bond donors (Lipinski definition) is 0. The molecule has 0 N–H and O–H groups in total. The molecule has 0 unspecified atom stereocenters. The summed E-state index contributed by atoms with van der Waals surface area (Å²) in [5, 5.41) is 0. The smallest absolute Gasteiger partial charge is 0.152 e. The molecular weight excluding hydrogens is 148 g/mol. The number of allylic oxidation sites excluding steroid dienone is 2. The minimum absolute atomic E-state index is 0.156. The Morgan fingerprint density at radius 2 is 1.83 bits per heavy atom. The fourth-order valence-corrected chi connectivity index (χ4v) is 1.12. The largest absolute Gasteiger partial charge is 0.295 e. The zero-order chi connectivity index (χ0) is 9.23. The summed E-state index contributed by atoms with van der Waals surface area (Å²) in [4.78, 5) is 10.5. The average molecular weight is 168 g/mol. The van der Waals surface area contributed by atoms with Crippen LogP contribution in [0.4, 0.5) is 0 Å². The van der Waals surface area contributed by atoms with E-state index in [1.54, 1.807) is 13.0 Å². The highest BCUT2D eigenvalue weighted by Gasteiger charge is 1.86. The van der Waals surface area contributed by atoms with Gasteiger partial charge in [0.25, 0.3) is 0 Å². The molecule has 70 valence electrons. The fourth-order valence-electron chi connectivity index (χ4n) is 1.12. The molecule has 0 aliphatic rings. The van der Waals surface area contributed by atoms with Gasteiger partial charge in [-0.2, -0.15) is 0 Å². The lowest BCUT2D eigenvalue weighted by Gasteiger charge is -1.95. The number of rotatable bonds is 7. The second kappa shape index (κ2) is 8.51. The van der Waals surface area contributed by atoms with Crippen LogP contribution in [0.25, 0.3) is 0 Å². The van der Waals surface area contributed by atoms with E-state index in [1.165, 1.54) is 32.1 Å². The molecule has 1 heteroatoms. The molecule has 0 aliphatic heterocycles. The minimum atomic E-state index is 0.156. The first kappa shape index (κ1) is 11.4. The quantitative estimate of drug-likeness (QED) is 0.420.